The number of aliphatic hydroxyl groups excluding tert-OH is 1. The summed E-state index contributed by atoms with van der Waals surface area (Å²) in [5, 5.41) is 31.7. The summed E-state index contributed by atoms with van der Waals surface area (Å²) in [5.41, 5.74) is 5.65. The number of carbonyl (C=O) groups is 4. The van der Waals surface area contributed by atoms with Gasteiger partial charge in [0.2, 0.25) is 11.8 Å². The molecule has 0 aliphatic carbocycles. The average molecular weight is 347 g/mol. The van der Waals surface area contributed by atoms with Crippen molar-refractivity contribution in [3.63, 3.8) is 0 Å². The molecule has 0 bridgehead atoms. The van der Waals surface area contributed by atoms with E-state index in [1.165, 1.54) is 6.92 Å². The van der Waals surface area contributed by atoms with E-state index in [2.05, 4.69) is 10.6 Å². The molecule has 0 fully saturated rings. The molecule has 0 saturated carbocycles. The Morgan fingerprint density at radius 2 is 1.54 bits per heavy atom. The van der Waals surface area contributed by atoms with Crippen LogP contribution in [0.25, 0.3) is 0 Å². The third-order valence-electron chi connectivity index (χ3n) is 3.35. The quantitative estimate of drug-likeness (QED) is 0.270. The summed E-state index contributed by atoms with van der Waals surface area (Å²) in [4.78, 5) is 45.7. The number of carboxylic acids is 2. The van der Waals surface area contributed by atoms with Crippen molar-refractivity contribution >= 4 is 23.8 Å². The SMILES string of the molecule is CC(C)C(N)C(=O)NC(C(=O)NC(CCC(=O)O)C(=O)O)C(C)O. The minimum Gasteiger partial charge on any atom is -0.481 e. The molecular weight excluding hydrogens is 322 g/mol. The lowest BCUT2D eigenvalue weighted by Gasteiger charge is -2.25. The van der Waals surface area contributed by atoms with E-state index in [1.54, 1.807) is 13.8 Å². The molecule has 4 unspecified atom stereocenters. The summed E-state index contributed by atoms with van der Waals surface area (Å²) in [6, 6.07) is -3.76. The summed E-state index contributed by atoms with van der Waals surface area (Å²) in [6.07, 6.45) is -2.09. The Morgan fingerprint density at radius 1 is 1.00 bits per heavy atom. The fourth-order valence-electron chi connectivity index (χ4n) is 1.74. The molecule has 2 amide bonds. The van der Waals surface area contributed by atoms with E-state index in [9.17, 15) is 24.3 Å². The Bertz CT molecular complexity index is 479. The van der Waals surface area contributed by atoms with Crippen molar-refractivity contribution in [3.8, 4) is 0 Å². The number of carbonyl (C=O) groups excluding carboxylic acids is 2. The van der Waals surface area contributed by atoms with Gasteiger partial charge in [-0.1, -0.05) is 13.8 Å². The number of rotatable bonds is 10. The molecule has 0 saturated heterocycles. The monoisotopic (exact) mass is 347 g/mol. The van der Waals surface area contributed by atoms with Crippen LogP contribution in [0.15, 0.2) is 0 Å². The van der Waals surface area contributed by atoms with E-state index in [-0.39, 0.29) is 12.3 Å². The fraction of sp³-hybridized carbons (Fsp3) is 0.714. The Hall–Kier alpha value is -2.20. The number of nitrogens with two attached hydrogens (primary N) is 1. The van der Waals surface area contributed by atoms with Gasteiger partial charge < -0.3 is 31.7 Å². The maximum Gasteiger partial charge on any atom is 0.326 e. The van der Waals surface area contributed by atoms with Crippen LogP contribution in [0.5, 0.6) is 0 Å². The zero-order valence-electron chi connectivity index (χ0n) is 13.9. The lowest BCUT2D eigenvalue weighted by atomic mass is 10.0. The van der Waals surface area contributed by atoms with Crippen LogP contribution in [0.2, 0.25) is 0 Å². The average Bonchev–Trinajstić information content (AvgIpc) is 2.46. The summed E-state index contributed by atoms with van der Waals surface area (Å²) >= 11 is 0. The first-order chi connectivity index (χ1) is 11.0. The highest BCUT2D eigenvalue weighted by atomic mass is 16.4. The second kappa shape index (κ2) is 9.83. The molecule has 0 aliphatic rings. The summed E-state index contributed by atoms with van der Waals surface area (Å²) in [6.45, 7) is 4.65. The predicted octanol–water partition coefficient (Wildman–Crippen LogP) is -1.73. The van der Waals surface area contributed by atoms with Gasteiger partial charge in [0.05, 0.1) is 12.1 Å². The predicted molar refractivity (Wildman–Crippen MR) is 82.9 cm³/mol. The van der Waals surface area contributed by atoms with E-state index in [0.29, 0.717) is 0 Å². The number of amides is 2. The lowest BCUT2D eigenvalue weighted by molar-refractivity contribution is -0.144. The molecule has 0 heterocycles. The molecule has 0 spiro atoms. The number of nitrogens with one attached hydrogen (secondary N) is 2. The highest BCUT2D eigenvalue weighted by Crippen LogP contribution is 2.03. The van der Waals surface area contributed by atoms with Gasteiger partial charge >= 0.3 is 11.9 Å². The number of aliphatic hydroxyl groups is 1. The van der Waals surface area contributed by atoms with E-state index in [0.717, 1.165) is 0 Å². The van der Waals surface area contributed by atoms with Gasteiger partial charge in [-0.3, -0.25) is 14.4 Å². The molecule has 0 aromatic rings. The molecule has 0 aromatic heterocycles. The van der Waals surface area contributed by atoms with Gasteiger partial charge in [0.15, 0.2) is 0 Å². The maximum absolute atomic E-state index is 12.1. The van der Waals surface area contributed by atoms with Crippen molar-refractivity contribution < 1.29 is 34.5 Å². The van der Waals surface area contributed by atoms with Crippen LogP contribution in [0.1, 0.15) is 33.6 Å². The molecule has 24 heavy (non-hydrogen) atoms. The molecule has 0 rings (SSSR count). The summed E-state index contributed by atoms with van der Waals surface area (Å²) in [7, 11) is 0. The molecule has 0 radical (unpaired) electrons. The maximum atomic E-state index is 12.1. The van der Waals surface area contributed by atoms with E-state index >= 15 is 0 Å². The minimum atomic E-state index is -1.45. The first-order valence-electron chi connectivity index (χ1n) is 7.46. The van der Waals surface area contributed by atoms with Crippen molar-refractivity contribution in [3.05, 3.63) is 0 Å². The molecule has 4 atom stereocenters. The molecule has 10 nitrogen and oxygen atoms in total. The first kappa shape index (κ1) is 21.8. The van der Waals surface area contributed by atoms with Crippen molar-refractivity contribution in [2.24, 2.45) is 11.7 Å². The van der Waals surface area contributed by atoms with Crippen molar-refractivity contribution in [2.45, 2.75) is 57.8 Å². The van der Waals surface area contributed by atoms with Crippen molar-refractivity contribution in [1.29, 1.82) is 0 Å². The number of carboxylic acid groups (broad SMARTS) is 2. The van der Waals surface area contributed by atoms with Crippen LogP contribution in [-0.2, 0) is 19.2 Å². The molecule has 10 heteroatoms. The van der Waals surface area contributed by atoms with Gasteiger partial charge in [-0.15, -0.1) is 0 Å². The number of hydrogen-bond acceptors (Lipinski definition) is 6. The lowest BCUT2D eigenvalue weighted by Crippen LogP contribution is -2.58. The summed E-state index contributed by atoms with van der Waals surface area (Å²) in [5.74, 6) is -4.43. The van der Waals surface area contributed by atoms with Gasteiger partial charge in [0.1, 0.15) is 12.1 Å². The molecule has 7 N–H and O–H groups in total. The van der Waals surface area contributed by atoms with Gasteiger partial charge in [-0.25, -0.2) is 4.79 Å². The van der Waals surface area contributed by atoms with Crippen LogP contribution in [0.3, 0.4) is 0 Å². The molecule has 0 aromatic carbocycles. The van der Waals surface area contributed by atoms with Crippen LogP contribution in [0, 0.1) is 5.92 Å². The zero-order valence-corrected chi connectivity index (χ0v) is 13.9. The van der Waals surface area contributed by atoms with E-state index < -0.39 is 54.4 Å². The van der Waals surface area contributed by atoms with E-state index in [1.807, 2.05) is 0 Å². The van der Waals surface area contributed by atoms with Gasteiger partial charge in [0, 0.05) is 6.42 Å². The van der Waals surface area contributed by atoms with Gasteiger partial charge in [0.25, 0.3) is 0 Å². The first-order valence-corrected chi connectivity index (χ1v) is 7.46. The highest BCUT2D eigenvalue weighted by Gasteiger charge is 2.31. The standard InChI is InChI=1S/C14H25N3O7/c1-6(2)10(15)12(21)17-11(7(3)18)13(22)16-8(14(23)24)4-5-9(19)20/h6-8,10-11,18H,4-5,15H2,1-3H3,(H,16,22)(H,17,21)(H,19,20)(H,23,24). The highest BCUT2D eigenvalue weighted by molar-refractivity contribution is 5.92. The third kappa shape index (κ3) is 7.38. The van der Waals surface area contributed by atoms with Crippen LogP contribution < -0.4 is 16.4 Å². The normalized spacial score (nSPS) is 15.9. The zero-order chi connectivity index (χ0) is 19.0. The van der Waals surface area contributed by atoms with Crippen molar-refractivity contribution in [1.82, 2.24) is 10.6 Å². The van der Waals surface area contributed by atoms with Gasteiger partial charge in [-0.2, -0.15) is 0 Å². The largest absolute Gasteiger partial charge is 0.481 e. The number of hydrogen-bond donors (Lipinski definition) is 6. The Kier molecular flexibility index (Phi) is 8.93. The van der Waals surface area contributed by atoms with Gasteiger partial charge in [-0.05, 0) is 19.3 Å². The van der Waals surface area contributed by atoms with Crippen LogP contribution in [0.4, 0.5) is 0 Å². The van der Waals surface area contributed by atoms with Crippen LogP contribution in [-0.4, -0.2) is 63.3 Å². The molecule has 138 valence electrons. The molecule has 0 aliphatic heterocycles. The third-order valence-corrected chi connectivity index (χ3v) is 3.35. The van der Waals surface area contributed by atoms with E-state index in [4.69, 9.17) is 15.9 Å². The Morgan fingerprint density at radius 3 is 1.92 bits per heavy atom. The smallest absolute Gasteiger partial charge is 0.326 e. The second-order valence-electron chi connectivity index (χ2n) is 5.83. The number of aliphatic carboxylic acids is 2. The minimum absolute atomic E-state index is 0.204. The Labute approximate surface area is 139 Å². The fourth-order valence-corrected chi connectivity index (χ4v) is 1.74. The second-order valence-corrected chi connectivity index (χ2v) is 5.83. The topological polar surface area (TPSA) is 179 Å². The Balaban J connectivity index is 4.97. The van der Waals surface area contributed by atoms with Crippen LogP contribution >= 0.6 is 0 Å². The summed E-state index contributed by atoms with van der Waals surface area (Å²) < 4.78 is 0. The molecular formula is C14H25N3O7. The van der Waals surface area contributed by atoms with Crippen molar-refractivity contribution in [2.75, 3.05) is 0 Å².